The highest BCUT2D eigenvalue weighted by molar-refractivity contribution is 5.92. The Labute approximate surface area is 131 Å². The Morgan fingerprint density at radius 2 is 2.14 bits per heavy atom. The van der Waals surface area contributed by atoms with Gasteiger partial charge in [0.15, 0.2) is 0 Å². The molecule has 1 heterocycles. The van der Waals surface area contributed by atoms with Gasteiger partial charge >= 0.3 is 0 Å². The molecule has 4 nitrogen and oxygen atoms in total. The number of carbonyl (C=O) groups is 1. The van der Waals surface area contributed by atoms with Crippen molar-refractivity contribution in [3.8, 4) is 0 Å². The van der Waals surface area contributed by atoms with Crippen LogP contribution in [0.1, 0.15) is 30.4 Å². The van der Waals surface area contributed by atoms with E-state index in [0.29, 0.717) is 5.82 Å². The lowest BCUT2D eigenvalue weighted by atomic mass is 9.85. The Morgan fingerprint density at radius 1 is 1.27 bits per heavy atom. The van der Waals surface area contributed by atoms with Gasteiger partial charge in [-0.25, -0.2) is 4.98 Å². The van der Waals surface area contributed by atoms with Crippen LogP contribution in [-0.2, 0) is 11.3 Å². The van der Waals surface area contributed by atoms with E-state index in [-0.39, 0.29) is 11.8 Å². The SMILES string of the molecule is Cc1cccc(CNc2ccc(NC(=O)C3CCC3)nc2)c1. The number of pyridine rings is 1. The van der Waals surface area contributed by atoms with E-state index in [1.807, 2.05) is 12.1 Å². The molecular formula is C18H21N3O. The first-order valence-corrected chi connectivity index (χ1v) is 7.77. The second-order valence-corrected chi connectivity index (χ2v) is 5.89. The zero-order valence-corrected chi connectivity index (χ0v) is 12.8. The number of hydrogen-bond donors (Lipinski definition) is 2. The van der Waals surface area contributed by atoms with Crippen molar-refractivity contribution in [3.63, 3.8) is 0 Å². The van der Waals surface area contributed by atoms with Crippen LogP contribution in [0.25, 0.3) is 0 Å². The molecule has 0 bridgehead atoms. The fraction of sp³-hybridized carbons (Fsp3) is 0.333. The predicted octanol–water partition coefficient (Wildman–Crippen LogP) is 3.74. The Bertz CT molecular complexity index is 648. The molecule has 0 unspecified atom stereocenters. The summed E-state index contributed by atoms with van der Waals surface area (Å²) < 4.78 is 0. The number of carbonyl (C=O) groups excluding carboxylic acids is 1. The predicted molar refractivity (Wildman–Crippen MR) is 88.7 cm³/mol. The quantitative estimate of drug-likeness (QED) is 0.883. The van der Waals surface area contributed by atoms with Gasteiger partial charge in [0.2, 0.25) is 5.91 Å². The number of benzene rings is 1. The van der Waals surface area contributed by atoms with E-state index >= 15 is 0 Å². The van der Waals surface area contributed by atoms with Crippen molar-refractivity contribution in [2.24, 2.45) is 5.92 Å². The summed E-state index contributed by atoms with van der Waals surface area (Å²) in [5.41, 5.74) is 3.44. The highest BCUT2D eigenvalue weighted by Crippen LogP contribution is 2.27. The van der Waals surface area contributed by atoms with Crippen molar-refractivity contribution in [1.82, 2.24) is 4.98 Å². The summed E-state index contributed by atoms with van der Waals surface area (Å²) >= 11 is 0. The molecule has 0 atom stereocenters. The topological polar surface area (TPSA) is 54.0 Å². The third-order valence-corrected chi connectivity index (χ3v) is 4.07. The van der Waals surface area contributed by atoms with Crippen LogP contribution in [-0.4, -0.2) is 10.9 Å². The first-order chi connectivity index (χ1) is 10.7. The highest BCUT2D eigenvalue weighted by Gasteiger charge is 2.25. The zero-order valence-electron chi connectivity index (χ0n) is 12.8. The van der Waals surface area contributed by atoms with Gasteiger partial charge in [0, 0.05) is 12.5 Å². The van der Waals surface area contributed by atoms with E-state index in [9.17, 15) is 4.79 Å². The lowest BCUT2D eigenvalue weighted by Gasteiger charge is -2.23. The molecule has 0 radical (unpaired) electrons. The van der Waals surface area contributed by atoms with Crippen molar-refractivity contribution in [1.29, 1.82) is 0 Å². The number of aryl methyl sites for hydroxylation is 1. The normalized spacial score (nSPS) is 14.2. The standard InChI is InChI=1S/C18H21N3O/c1-13-4-2-5-14(10-13)11-19-16-8-9-17(20-12-16)21-18(22)15-6-3-7-15/h2,4-5,8-10,12,15,19H,3,6-7,11H2,1H3,(H,20,21,22). The lowest BCUT2D eigenvalue weighted by Crippen LogP contribution is -2.28. The van der Waals surface area contributed by atoms with Crippen LogP contribution in [0.3, 0.4) is 0 Å². The molecule has 3 rings (SSSR count). The monoisotopic (exact) mass is 295 g/mol. The van der Waals surface area contributed by atoms with E-state index in [2.05, 4.69) is 46.8 Å². The average molecular weight is 295 g/mol. The maximum absolute atomic E-state index is 11.9. The van der Waals surface area contributed by atoms with E-state index < -0.39 is 0 Å². The lowest BCUT2D eigenvalue weighted by molar-refractivity contribution is -0.122. The first-order valence-electron chi connectivity index (χ1n) is 7.77. The number of hydrogen-bond acceptors (Lipinski definition) is 3. The molecule has 1 aromatic carbocycles. The Morgan fingerprint density at radius 3 is 2.77 bits per heavy atom. The van der Waals surface area contributed by atoms with Gasteiger partial charge in [-0.05, 0) is 37.5 Å². The molecule has 1 aliphatic rings. The number of anilines is 2. The van der Waals surface area contributed by atoms with Crippen molar-refractivity contribution in [2.45, 2.75) is 32.7 Å². The molecule has 114 valence electrons. The van der Waals surface area contributed by atoms with Crippen molar-refractivity contribution in [3.05, 3.63) is 53.7 Å². The minimum absolute atomic E-state index is 0.0965. The first kappa shape index (κ1) is 14.6. The third-order valence-electron chi connectivity index (χ3n) is 4.07. The van der Waals surface area contributed by atoms with Crippen LogP contribution in [0.5, 0.6) is 0 Å². The van der Waals surface area contributed by atoms with Crippen LogP contribution >= 0.6 is 0 Å². The summed E-state index contributed by atoms with van der Waals surface area (Å²) in [6, 6.07) is 12.2. The molecule has 2 aromatic rings. The largest absolute Gasteiger partial charge is 0.380 e. The maximum atomic E-state index is 11.9. The second-order valence-electron chi connectivity index (χ2n) is 5.89. The van der Waals surface area contributed by atoms with E-state index in [1.54, 1.807) is 6.20 Å². The highest BCUT2D eigenvalue weighted by atomic mass is 16.2. The molecule has 1 aliphatic carbocycles. The molecule has 2 N–H and O–H groups in total. The maximum Gasteiger partial charge on any atom is 0.228 e. The van der Waals surface area contributed by atoms with Gasteiger partial charge in [-0.15, -0.1) is 0 Å². The smallest absolute Gasteiger partial charge is 0.228 e. The summed E-state index contributed by atoms with van der Waals surface area (Å²) in [5.74, 6) is 0.901. The van der Waals surface area contributed by atoms with Gasteiger partial charge in [0.1, 0.15) is 5.82 Å². The van der Waals surface area contributed by atoms with E-state index in [4.69, 9.17) is 0 Å². The van der Waals surface area contributed by atoms with Crippen molar-refractivity contribution < 1.29 is 4.79 Å². The summed E-state index contributed by atoms with van der Waals surface area (Å²) in [4.78, 5) is 16.2. The van der Waals surface area contributed by atoms with Crippen LogP contribution < -0.4 is 10.6 Å². The molecule has 1 aromatic heterocycles. The summed E-state index contributed by atoms with van der Waals surface area (Å²) in [6.45, 7) is 2.85. The van der Waals surface area contributed by atoms with Gasteiger partial charge in [-0.3, -0.25) is 4.79 Å². The number of nitrogens with zero attached hydrogens (tertiary/aromatic N) is 1. The molecule has 22 heavy (non-hydrogen) atoms. The molecule has 1 amide bonds. The van der Waals surface area contributed by atoms with Crippen LogP contribution in [0, 0.1) is 12.8 Å². The number of aromatic nitrogens is 1. The summed E-state index contributed by atoms with van der Waals surface area (Å²) in [5, 5.41) is 6.21. The minimum atomic E-state index is 0.0965. The second kappa shape index (κ2) is 6.60. The molecule has 0 aliphatic heterocycles. The number of nitrogens with one attached hydrogen (secondary N) is 2. The minimum Gasteiger partial charge on any atom is -0.380 e. The fourth-order valence-electron chi connectivity index (χ4n) is 2.50. The van der Waals surface area contributed by atoms with Crippen molar-refractivity contribution in [2.75, 3.05) is 10.6 Å². The Balaban J connectivity index is 1.53. The van der Waals surface area contributed by atoms with Crippen LogP contribution in [0.4, 0.5) is 11.5 Å². The fourth-order valence-corrected chi connectivity index (χ4v) is 2.50. The molecule has 0 saturated heterocycles. The van der Waals surface area contributed by atoms with Crippen molar-refractivity contribution >= 4 is 17.4 Å². The number of rotatable bonds is 5. The molecule has 1 saturated carbocycles. The average Bonchev–Trinajstić information content (AvgIpc) is 2.45. The van der Waals surface area contributed by atoms with E-state index in [0.717, 1.165) is 31.5 Å². The molecule has 4 heteroatoms. The van der Waals surface area contributed by atoms with Gasteiger partial charge in [0.05, 0.1) is 11.9 Å². The van der Waals surface area contributed by atoms with E-state index in [1.165, 1.54) is 11.1 Å². The molecule has 0 spiro atoms. The molecule has 1 fully saturated rings. The Hall–Kier alpha value is -2.36. The van der Waals surface area contributed by atoms with Gasteiger partial charge in [0.25, 0.3) is 0 Å². The van der Waals surface area contributed by atoms with Gasteiger partial charge in [-0.1, -0.05) is 36.2 Å². The zero-order chi connectivity index (χ0) is 15.4. The van der Waals surface area contributed by atoms with Crippen LogP contribution in [0.2, 0.25) is 0 Å². The van der Waals surface area contributed by atoms with Gasteiger partial charge in [-0.2, -0.15) is 0 Å². The number of amides is 1. The van der Waals surface area contributed by atoms with Crippen LogP contribution in [0.15, 0.2) is 42.6 Å². The summed E-state index contributed by atoms with van der Waals surface area (Å²) in [6.07, 6.45) is 4.92. The molecular weight excluding hydrogens is 274 g/mol. The third kappa shape index (κ3) is 3.64. The van der Waals surface area contributed by atoms with Gasteiger partial charge < -0.3 is 10.6 Å². The summed E-state index contributed by atoms with van der Waals surface area (Å²) in [7, 11) is 0. The Kier molecular flexibility index (Phi) is 4.37.